The third-order valence-electron chi connectivity index (χ3n) is 4.98. The Balaban J connectivity index is 1.69. The van der Waals surface area contributed by atoms with Crippen molar-refractivity contribution in [1.29, 1.82) is 0 Å². The Morgan fingerprint density at radius 2 is 1.34 bits per heavy atom. The van der Waals surface area contributed by atoms with E-state index in [1.54, 1.807) is 29.7 Å². The number of thiophene rings is 1. The molecule has 0 bridgehead atoms. The van der Waals surface area contributed by atoms with Crippen LogP contribution >= 0.6 is 11.3 Å². The molecule has 0 aliphatic rings. The van der Waals surface area contributed by atoms with Crippen molar-refractivity contribution in [2.45, 2.75) is 12.8 Å². The predicted molar refractivity (Wildman–Crippen MR) is 124 cm³/mol. The second kappa shape index (κ2) is 9.55. The first-order valence-corrected chi connectivity index (χ1v) is 10.8. The summed E-state index contributed by atoms with van der Waals surface area (Å²) in [6, 6.07) is 25.4. The number of fused-ring (bicyclic) bond motifs is 1. The molecule has 0 saturated heterocycles. The second-order valence-electron chi connectivity index (χ2n) is 7.22. The lowest BCUT2D eigenvalue weighted by Crippen LogP contribution is -2.39. The molecule has 160 valence electrons. The average Bonchev–Trinajstić information content (AvgIpc) is 3.23. The van der Waals surface area contributed by atoms with Crippen LogP contribution in [0.1, 0.15) is 20.8 Å². The van der Waals surface area contributed by atoms with Crippen molar-refractivity contribution in [3.8, 4) is 0 Å². The molecular formula is C25H20N2O4S. The molecule has 4 rings (SSSR count). The van der Waals surface area contributed by atoms with Crippen LogP contribution in [0.15, 0.2) is 84.9 Å². The summed E-state index contributed by atoms with van der Waals surface area (Å²) in [5.74, 6) is -1.27. The first kappa shape index (κ1) is 21.4. The van der Waals surface area contributed by atoms with Crippen LogP contribution < -0.4 is 10.4 Å². The van der Waals surface area contributed by atoms with Crippen LogP contribution in [-0.4, -0.2) is 22.9 Å². The minimum atomic E-state index is -0.607. The molecule has 0 aliphatic carbocycles. The Morgan fingerprint density at radius 3 is 1.88 bits per heavy atom. The van der Waals surface area contributed by atoms with Crippen molar-refractivity contribution >= 4 is 44.8 Å². The quantitative estimate of drug-likeness (QED) is 0.342. The van der Waals surface area contributed by atoms with Gasteiger partial charge in [0.2, 0.25) is 11.8 Å². The van der Waals surface area contributed by atoms with Gasteiger partial charge < -0.3 is 0 Å². The minimum Gasteiger partial charge on any atom is -0.288 e. The van der Waals surface area contributed by atoms with Crippen molar-refractivity contribution < 1.29 is 19.6 Å². The Kier molecular flexibility index (Phi) is 6.39. The maximum absolute atomic E-state index is 13.3. The van der Waals surface area contributed by atoms with Gasteiger partial charge in [-0.2, -0.15) is 0 Å². The van der Waals surface area contributed by atoms with E-state index < -0.39 is 5.91 Å². The predicted octanol–water partition coefficient (Wildman–Crippen LogP) is 4.37. The normalized spacial score (nSPS) is 10.7. The molecule has 0 unspecified atom stereocenters. The van der Waals surface area contributed by atoms with Crippen molar-refractivity contribution in [3.63, 3.8) is 0 Å². The van der Waals surface area contributed by atoms with Crippen molar-refractivity contribution in [3.05, 3.63) is 101 Å². The fourth-order valence-electron chi connectivity index (χ4n) is 3.45. The molecule has 0 radical (unpaired) electrons. The van der Waals surface area contributed by atoms with E-state index in [0.29, 0.717) is 10.6 Å². The molecule has 0 aliphatic heterocycles. The zero-order valence-corrected chi connectivity index (χ0v) is 17.8. The number of amides is 3. The molecule has 1 aromatic heterocycles. The number of nitrogens with zero attached hydrogens (tertiary/aromatic N) is 1. The molecule has 6 nitrogen and oxygen atoms in total. The number of nitrogens with one attached hydrogen (secondary N) is 1. The van der Waals surface area contributed by atoms with E-state index in [1.807, 2.05) is 60.7 Å². The summed E-state index contributed by atoms with van der Waals surface area (Å²) in [5.41, 5.74) is 3.69. The number of hydroxylamine groups is 1. The van der Waals surface area contributed by atoms with E-state index in [1.165, 1.54) is 16.2 Å². The Bertz CT molecular complexity index is 1220. The topological polar surface area (TPSA) is 86.7 Å². The largest absolute Gasteiger partial charge is 0.288 e. The molecule has 0 saturated carbocycles. The first-order chi connectivity index (χ1) is 15.5. The van der Waals surface area contributed by atoms with Crippen molar-refractivity contribution in [2.24, 2.45) is 0 Å². The van der Waals surface area contributed by atoms with Crippen LogP contribution in [0.2, 0.25) is 0 Å². The van der Waals surface area contributed by atoms with Crippen molar-refractivity contribution in [2.75, 3.05) is 4.90 Å². The van der Waals surface area contributed by atoms with Crippen LogP contribution in [0.4, 0.5) is 5.69 Å². The molecule has 3 amide bonds. The summed E-state index contributed by atoms with van der Waals surface area (Å²) in [7, 11) is 0. The van der Waals surface area contributed by atoms with Gasteiger partial charge in [-0.05, 0) is 34.7 Å². The Morgan fingerprint density at radius 1 is 0.781 bits per heavy atom. The van der Waals surface area contributed by atoms with Gasteiger partial charge >= 0.3 is 0 Å². The number of carbonyl (C=O) groups excluding carboxylic acids is 3. The third-order valence-corrected chi connectivity index (χ3v) is 6.08. The summed E-state index contributed by atoms with van der Waals surface area (Å²) < 4.78 is 0.728. The summed E-state index contributed by atoms with van der Waals surface area (Å²) in [5, 5.41) is 9.67. The van der Waals surface area contributed by atoms with Crippen LogP contribution in [0.25, 0.3) is 10.1 Å². The number of rotatable bonds is 6. The van der Waals surface area contributed by atoms with Gasteiger partial charge in [-0.1, -0.05) is 66.7 Å². The summed E-state index contributed by atoms with van der Waals surface area (Å²) in [6.07, 6.45) is 0.171. The van der Waals surface area contributed by atoms with Gasteiger partial charge in [-0.15, -0.1) is 11.3 Å². The number of benzene rings is 3. The van der Waals surface area contributed by atoms with E-state index in [4.69, 9.17) is 5.21 Å². The molecule has 0 fully saturated rings. The summed E-state index contributed by atoms with van der Waals surface area (Å²) in [6.45, 7) is 0. The fourth-order valence-corrected chi connectivity index (χ4v) is 4.44. The Labute approximate surface area is 188 Å². The number of hydrogen-bond donors (Lipinski definition) is 2. The molecule has 0 spiro atoms. The number of imide groups is 1. The standard InChI is InChI=1S/C25H20N2O4S/c28-23(13-17-7-3-1-4-8-17)27(24(29)14-18-9-5-2-6-10-18)20-12-11-19-15-22(25(30)26-31)32-21(19)16-20/h1-12,15-16,31H,13-14H2,(H,26,30). The summed E-state index contributed by atoms with van der Waals surface area (Å²) in [4.78, 5) is 39.8. The number of anilines is 1. The van der Waals surface area contributed by atoms with Gasteiger partial charge in [0, 0.05) is 4.70 Å². The molecule has 7 heteroatoms. The van der Waals surface area contributed by atoms with Gasteiger partial charge in [0.25, 0.3) is 5.91 Å². The highest BCUT2D eigenvalue weighted by Crippen LogP contribution is 2.30. The lowest BCUT2D eigenvalue weighted by molar-refractivity contribution is -0.125. The van der Waals surface area contributed by atoms with Crippen LogP contribution in [0.3, 0.4) is 0 Å². The van der Waals surface area contributed by atoms with E-state index in [-0.39, 0.29) is 24.7 Å². The zero-order valence-electron chi connectivity index (χ0n) is 17.0. The SMILES string of the molecule is O=C(NO)c1cc2ccc(N(C(=O)Cc3ccccc3)C(=O)Cc3ccccc3)cc2s1. The molecule has 1 heterocycles. The second-order valence-corrected chi connectivity index (χ2v) is 8.31. The van der Waals surface area contributed by atoms with Crippen LogP contribution in [0, 0.1) is 0 Å². The maximum atomic E-state index is 13.3. The van der Waals surface area contributed by atoms with Gasteiger partial charge in [0.1, 0.15) is 0 Å². The molecule has 2 N–H and O–H groups in total. The van der Waals surface area contributed by atoms with E-state index in [9.17, 15) is 14.4 Å². The van der Waals surface area contributed by atoms with Crippen LogP contribution in [-0.2, 0) is 22.4 Å². The summed E-state index contributed by atoms with van der Waals surface area (Å²) >= 11 is 1.17. The monoisotopic (exact) mass is 444 g/mol. The smallest absolute Gasteiger partial charge is 0.284 e. The highest BCUT2D eigenvalue weighted by Gasteiger charge is 2.24. The van der Waals surface area contributed by atoms with E-state index in [0.717, 1.165) is 21.2 Å². The van der Waals surface area contributed by atoms with Gasteiger partial charge in [-0.25, -0.2) is 10.4 Å². The number of hydrogen-bond acceptors (Lipinski definition) is 5. The minimum absolute atomic E-state index is 0.0853. The molecule has 32 heavy (non-hydrogen) atoms. The molecular weight excluding hydrogens is 424 g/mol. The first-order valence-electron chi connectivity index (χ1n) is 9.97. The van der Waals surface area contributed by atoms with Gasteiger partial charge in [0.05, 0.1) is 23.4 Å². The lowest BCUT2D eigenvalue weighted by Gasteiger charge is -2.21. The van der Waals surface area contributed by atoms with Crippen molar-refractivity contribution in [1.82, 2.24) is 5.48 Å². The third kappa shape index (κ3) is 4.74. The fraction of sp³-hybridized carbons (Fsp3) is 0.0800. The van der Waals surface area contributed by atoms with Gasteiger partial charge in [-0.3, -0.25) is 19.6 Å². The molecule has 0 atom stereocenters. The van der Waals surface area contributed by atoms with E-state index >= 15 is 0 Å². The number of carbonyl (C=O) groups is 3. The molecule has 4 aromatic rings. The highest BCUT2D eigenvalue weighted by molar-refractivity contribution is 7.20. The Hall–Kier alpha value is -3.81. The maximum Gasteiger partial charge on any atom is 0.284 e. The highest BCUT2D eigenvalue weighted by atomic mass is 32.1. The van der Waals surface area contributed by atoms with E-state index in [2.05, 4.69) is 0 Å². The lowest BCUT2D eigenvalue weighted by atomic mass is 10.1. The zero-order chi connectivity index (χ0) is 22.5. The average molecular weight is 445 g/mol. The van der Waals surface area contributed by atoms with Crippen LogP contribution in [0.5, 0.6) is 0 Å². The molecule has 3 aromatic carbocycles. The van der Waals surface area contributed by atoms with Gasteiger partial charge in [0.15, 0.2) is 0 Å².